The third-order valence-corrected chi connectivity index (χ3v) is 3.34. The summed E-state index contributed by atoms with van der Waals surface area (Å²) in [5, 5.41) is 3.44. The minimum absolute atomic E-state index is 1.11. The Morgan fingerprint density at radius 3 is 2.61 bits per heavy atom. The molecule has 0 unspecified atom stereocenters. The molecule has 0 aliphatic carbocycles. The van der Waals surface area contributed by atoms with Gasteiger partial charge in [-0.25, -0.2) is 0 Å². The zero-order valence-electron chi connectivity index (χ0n) is 12.2. The lowest BCUT2D eigenvalue weighted by atomic mass is 10.0. The van der Waals surface area contributed by atoms with Gasteiger partial charge in [-0.3, -0.25) is 0 Å². The molecule has 102 valence electrons. The fourth-order valence-corrected chi connectivity index (χ4v) is 2.11. The molecule has 0 amide bonds. The molecular formula is C16H28N2. The molecule has 0 atom stereocenters. The number of hydrogen-bond donors (Lipinski definition) is 1. The van der Waals surface area contributed by atoms with Gasteiger partial charge in [0.25, 0.3) is 0 Å². The van der Waals surface area contributed by atoms with Gasteiger partial charge in [-0.2, -0.15) is 0 Å². The molecule has 0 aliphatic rings. The zero-order chi connectivity index (χ0) is 13.2. The minimum atomic E-state index is 1.11. The van der Waals surface area contributed by atoms with Gasteiger partial charge in [0.05, 0.1) is 0 Å². The van der Waals surface area contributed by atoms with Crippen molar-refractivity contribution in [3.63, 3.8) is 0 Å². The molecule has 2 nitrogen and oxygen atoms in total. The van der Waals surface area contributed by atoms with Crippen LogP contribution in [-0.4, -0.2) is 38.1 Å². The summed E-state index contributed by atoms with van der Waals surface area (Å²) in [5.74, 6) is 0. The van der Waals surface area contributed by atoms with E-state index in [0.29, 0.717) is 0 Å². The quantitative estimate of drug-likeness (QED) is 0.676. The molecule has 0 fully saturated rings. The summed E-state index contributed by atoms with van der Waals surface area (Å²) < 4.78 is 0. The second-order valence-corrected chi connectivity index (χ2v) is 5.08. The summed E-state index contributed by atoms with van der Waals surface area (Å²) in [5.41, 5.74) is 2.92. The molecule has 1 aromatic rings. The van der Waals surface area contributed by atoms with Crippen molar-refractivity contribution in [1.82, 2.24) is 10.2 Å². The van der Waals surface area contributed by atoms with E-state index in [-0.39, 0.29) is 0 Å². The van der Waals surface area contributed by atoms with Crippen molar-refractivity contribution in [3.8, 4) is 0 Å². The van der Waals surface area contributed by atoms with Crippen LogP contribution in [0.4, 0.5) is 0 Å². The Labute approximate surface area is 112 Å². The summed E-state index contributed by atoms with van der Waals surface area (Å²) >= 11 is 0. The number of nitrogens with zero attached hydrogens (tertiary/aromatic N) is 1. The van der Waals surface area contributed by atoms with Crippen molar-refractivity contribution >= 4 is 0 Å². The molecule has 1 aromatic carbocycles. The minimum Gasteiger partial charge on any atom is -0.315 e. The third-order valence-electron chi connectivity index (χ3n) is 3.34. The second-order valence-electron chi connectivity index (χ2n) is 5.08. The van der Waals surface area contributed by atoms with Gasteiger partial charge in [-0.15, -0.1) is 0 Å². The van der Waals surface area contributed by atoms with Gasteiger partial charge in [0.15, 0.2) is 0 Å². The van der Waals surface area contributed by atoms with E-state index in [2.05, 4.69) is 55.4 Å². The first kappa shape index (κ1) is 15.2. The fourth-order valence-electron chi connectivity index (χ4n) is 2.11. The monoisotopic (exact) mass is 248 g/mol. The predicted octanol–water partition coefficient (Wildman–Crippen LogP) is 2.86. The Morgan fingerprint density at radius 1 is 1.11 bits per heavy atom. The van der Waals surface area contributed by atoms with E-state index < -0.39 is 0 Å². The van der Waals surface area contributed by atoms with Gasteiger partial charge in [-0.05, 0) is 57.5 Å². The molecule has 0 bridgehead atoms. The van der Waals surface area contributed by atoms with Gasteiger partial charge in [0, 0.05) is 13.1 Å². The van der Waals surface area contributed by atoms with Crippen LogP contribution in [-0.2, 0) is 6.42 Å². The molecule has 0 spiro atoms. The van der Waals surface area contributed by atoms with E-state index in [1.807, 2.05) is 0 Å². The fraction of sp³-hybridized carbons (Fsp3) is 0.625. The highest BCUT2D eigenvalue weighted by Gasteiger charge is 2.00. The van der Waals surface area contributed by atoms with Crippen molar-refractivity contribution < 1.29 is 0 Å². The Bertz CT molecular complexity index is 323. The van der Waals surface area contributed by atoms with Crippen molar-refractivity contribution in [2.24, 2.45) is 0 Å². The Balaban J connectivity index is 2.12. The predicted molar refractivity (Wildman–Crippen MR) is 80.2 cm³/mol. The molecule has 0 aliphatic heterocycles. The van der Waals surface area contributed by atoms with Crippen molar-refractivity contribution in [2.75, 3.05) is 33.2 Å². The lowest BCUT2D eigenvalue weighted by Gasteiger charge is -2.17. The molecule has 18 heavy (non-hydrogen) atoms. The van der Waals surface area contributed by atoms with Crippen LogP contribution in [0.3, 0.4) is 0 Å². The molecular weight excluding hydrogens is 220 g/mol. The average Bonchev–Trinajstić information content (AvgIpc) is 2.37. The smallest absolute Gasteiger partial charge is 0.0104 e. The number of likely N-dealkylation sites (N-methyl/N-ethyl adjacent to an activating group) is 1. The maximum Gasteiger partial charge on any atom is 0.0104 e. The molecule has 0 saturated heterocycles. The van der Waals surface area contributed by atoms with Crippen LogP contribution in [0.15, 0.2) is 24.3 Å². The number of benzene rings is 1. The molecule has 1 rings (SSSR count). The number of rotatable bonds is 9. The molecule has 1 N–H and O–H groups in total. The normalized spacial score (nSPS) is 11.1. The number of nitrogens with one attached hydrogen (secondary N) is 1. The molecule has 2 heteroatoms. The molecule has 0 heterocycles. The third kappa shape index (κ3) is 6.18. The zero-order valence-corrected chi connectivity index (χ0v) is 12.2. The molecule has 0 saturated carbocycles. The highest BCUT2D eigenvalue weighted by atomic mass is 15.1. The van der Waals surface area contributed by atoms with Crippen molar-refractivity contribution in [1.29, 1.82) is 0 Å². The van der Waals surface area contributed by atoms with E-state index in [4.69, 9.17) is 0 Å². The number of aryl methyl sites for hydroxylation is 2. The summed E-state index contributed by atoms with van der Waals surface area (Å²) in [6.45, 7) is 8.98. The van der Waals surface area contributed by atoms with Crippen LogP contribution >= 0.6 is 0 Å². The van der Waals surface area contributed by atoms with Crippen molar-refractivity contribution in [2.45, 2.75) is 33.1 Å². The Kier molecular flexibility index (Phi) is 7.70. The van der Waals surface area contributed by atoms with Crippen LogP contribution in [0, 0.1) is 6.92 Å². The first-order valence-corrected chi connectivity index (χ1v) is 7.17. The van der Waals surface area contributed by atoms with E-state index in [0.717, 1.165) is 19.6 Å². The van der Waals surface area contributed by atoms with E-state index >= 15 is 0 Å². The highest BCUT2D eigenvalue weighted by molar-refractivity contribution is 5.25. The molecule has 0 radical (unpaired) electrons. The topological polar surface area (TPSA) is 15.3 Å². The van der Waals surface area contributed by atoms with Gasteiger partial charge in [0.1, 0.15) is 0 Å². The van der Waals surface area contributed by atoms with Crippen molar-refractivity contribution in [3.05, 3.63) is 35.4 Å². The van der Waals surface area contributed by atoms with Gasteiger partial charge in [-0.1, -0.05) is 31.2 Å². The van der Waals surface area contributed by atoms with Crippen LogP contribution in [0.25, 0.3) is 0 Å². The maximum atomic E-state index is 3.44. The van der Waals surface area contributed by atoms with Gasteiger partial charge >= 0.3 is 0 Å². The van der Waals surface area contributed by atoms with Crippen LogP contribution in [0.2, 0.25) is 0 Å². The number of hydrogen-bond acceptors (Lipinski definition) is 2. The van der Waals surface area contributed by atoms with Crippen LogP contribution in [0.5, 0.6) is 0 Å². The Hall–Kier alpha value is -0.860. The second kappa shape index (κ2) is 9.12. The first-order valence-electron chi connectivity index (χ1n) is 7.17. The summed E-state index contributed by atoms with van der Waals surface area (Å²) in [6, 6.07) is 8.71. The standard InChI is InChI=1S/C16H28N2/c1-4-11-17-12-14-18(3)13-7-10-16-9-6-5-8-15(16)2/h5-6,8-9,17H,4,7,10-14H2,1-3H3. The largest absolute Gasteiger partial charge is 0.315 e. The van der Waals surface area contributed by atoms with E-state index in [9.17, 15) is 0 Å². The van der Waals surface area contributed by atoms with Crippen LogP contribution in [0.1, 0.15) is 30.9 Å². The first-order chi connectivity index (χ1) is 8.74. The summed E-state index contributed by atoms with van der Waals surface area (Å²) in [6.07, 6.45) is 3.66. The lowest BCUT2D eigenvalue weighted by Crippen LogP contribution is -2.30. The molecule has 0 aromatic heterocycles. The SMILES string of the molecule is CCCNCCN(C)CCCc1ccccc1C. The van der Waals surface area contributed by atoms with Crippen LogP contribution < -0.4 is 5.32 Å². The summed E-state index contributed by atoms with van der Waals surface area (Å²) in [7, 11) is 2.21. The average molecular weight is 248 g/mol. The summed E-state index contributed by atoms with van der Waals surface area (Å²) in [4.78, 5) is 2.42. The lowest BCUT2D eigenvalue weighted by molar-refractivity contribution is 0.327. The maximum absolute atomic E-state index is 3.44. The highest BCUT2D eigenvalue weighted by Crippen LogP contribution is 2.09. The van der Waals surface area contributed by atoms with Gasteiger partial charge in [0.2, 0.25) is 0 Å². The van der Waals surface area contributed by atoms with E-state index in [1.165, 1.54) is 36.9 Å². The van der Waals surface area contributed by atoms with E-state index in [1.54, 1.807) is 0 Å². The Morgan fingerprint density at radius 2 is 1.89 bits per heavy atom. The van der Waals surface area contributed by atoms with Gasteiger partial charge < -0.3 is 10.2 Å².